The zero-order valence-electron chi connectivity index (χ0n) is 10.8. The van der Waals surface area contributed by atoms with Crippen LogP contribution in [0, 0.1) is 12.3 Å². The summed E-state index contributed by atoms with van der Waals surface area (Å²) >= 11 is 12.0. The van der Waals surface area contributed by atoms with Crippen molar-refractivity contribution in [3.8, 4) is 12.3 Å². The highest BCUT2D eigenvalue weighted by Gasteiger charge is 2.37. The molecule has 1 aromatic rings. The number of nitrogens with one attached hydrogen (secondary N) is 1. The monoisotopic (exact) mass is 299 g/mol. The van der Waals surface area contributed by atoms with E-state index < -0.39 is 11.5 Å². The minimum Gasteiger partial charge on any atom is -0.464 e. The topological polar surface area (TPSA) is 38.3 Å². The van der Waals surface area contributed by atoms with Crippen LogP contribution in [0.15, 0.2) is 18.2 Å². The summed E-state index contributed by atoms with van der Waals surface area (Å²) in [6.07, 6.45) is 5.23. The number of benzene rings is 1. The van der Waals surface area contributed by atoms with Crippen LogP contribution in [-0.4, -0.2) is 19.1 Å². The molecular weight excluding hydrogens is 285 g/mol. The van der Waals surface area contributed by atoms with Crippen molar-refractivity contribution in [2.24, 2.45) is 0 Å². The Kier molecular flexibility index (Phi) is 5.68. The molecule has 0 aliphatic heterocycles. The first kappa shape index (κ1) is 15.8. The van der Waals surface area contributed by atoms with Crippen LogP contribution in [0.2, 0.25) is 10.0 Å². The third kappa shape index (κ3) is 3.63. The number of halogens is 2. The molecule has 0 spiro atoms. The van der Waals surface area contributed by atoms with E-state index in [1.165, 1.54) is 0 Å². The Labute approximate surface area is 123 Å². The molecule has 0 saturated carbocycles. The lowest BCUT2D eigenvalue weighted by molar-refractivity contribution is -0.150. The van der Waals surface area contributed by atoms with Crippen LogP contribution in [0.1, 0.15) is 19.4 Å². The highest BCUT2D eigenvalue weighted by atomic mass is 35.5. The zero-order valence-corrected chi connectivity index (χ0v) is 12.3. The molecule has 3 nitrogen and oxygen atoms in total. The molecule has 0 aromatic heterocycles. The Morgan fingerprint density at radius 3 is 2.74 bits per heavy atom. The van der Waals surface area contributed by atoms with Gasteiger partial charge >= 0.3 is 5.97 Å². The van der Waals surface area contributed by atoms with Gasteiger partial charge in [-0.05, 0) is 26.0 Å². The summed E-state index contributed by atoms with van der Waals surface area (Å²) < 4.78 is 5.08. The first-order chi connectivity index (χ1) is 8.95. The molecule has 0 aliphatic rings. The van der Waals surface area contributed by atoms with E-state index in [9.17, 15) is 4.79 Å². The lowest BCUT2D eigenvalue weighted by Crippen LogP contribution is -2.48. The molecule has 1 N–H and O–H groups in total. The number of ether oxygens (including phenoxy) is 1. The summed E-state index contributed by atoms with van der Waals surface area (Å²) in [5.41, 5.74) is -0.531. The fourth-order valence-electron chi connectivity index (χ4n) is 1.68. The van der Waals surface area contributed by atoms with Crippen molar-refractivity contribution in [1.29, 1.82) is 0 Å². The van der Waals surface area contributed by atoms with E-state index >= 15 is 0 Å². The van der Waals surface area contributed by atoms with Crippen molar-refractivity contribution in [2.75, 3.05) is 13.2 Å². The first-order valence-corrected chi connectivity index (χ1v) is 6.52. The third-order valence-corrected chi connectivity index (χ3v) is 3.25. The van der Waals surface area contributed by atoms with Gasteiger partial charge in [-0.15, -0.1) is 6.42 Å². The Balaban J connectivity index is 3.22. The van der Waals surface area contributed by atoms with Crippen LogP contribution in [0.3, 0.4) is 0 Å². The van der Waals surface area contributed by atoms with Crippen molar-refractivity contribution in [3.63, 3.8) is 0 Å². The smallest absolute Gasteiger partial charge is 0.330 e. The summed E-state index contributed by atoms with van der Waals surface area (Å²) in [6.45, 7) is 3.91. The molecule has 19 heavy (non-hydrogen) atoms. The van der Waals surface area contributed by atoms with Crippen molar-refractivity contribution in [3.05, 3.63) is 33.8 Å². The van der Waals surface area contributed by atoms with Gasteiger partial charge in [-0.2, -0.15) is 0 Å². The average Bonchev–Trinajstić information content (AvgIpc) is 2.36. The summed E-state index contributed by atoms with van der Waals surface area (Å²) in [4.78, 5) is 12.2. The van der Waals surface area contributed by atoms with E-state index in [-0.39, 0.29) is 13.2 Å². The van der Waals surface area contributed by atoms with E-state index in [2.05, 4.69) is 11.2 Å². The average molecular weight is 300 g/mol. The fraction of sp³-hybridized carbons (Fsp3) is 0.357. The van der Waals surface area contributed by atoms with Gasteiger partial charge in [-0.1, -0.05) is 35.2 Å². The number of rotatable bonds is 5. The second kappa shape index (κ2) is 6.81. The van der Waals surface area contributed by atoms with Crippen LogP contribution in [0.25, 0.3) is 0 Å². The van der Waals surface area contributed by atoms with E-state index in [0.29, 0.717) is 15.6 Å². The van der Waals surface area contributed by atoms with Gasteiger partial charge in [-0.3, -0.25) is 5.32 Å². The van der Waals surface area contributed by atoms with Gasteiger partial charge in [-0.25, -0.2) is 4.79 Å². The quantitative estimate of drug-likeness (QED) is 0.671. The van der Waals surface area contributed by atoms with Crippen LogP contribution >= 0.6 is 23.2 Å². The molecular formula is C14H15Cl2NO2. The normalized spacial score (nSPS) is 13.4. The Morgan fingerprint density at radius 2 is 2.21 bits per heavy atom. The number of hydrogen-bond donors (Lipinski definition) is 1. The van der Waals surface area contributed by atoms with Gasteiger partial charge in [0.2, 0.25) is 0 Å². The summed E-state index contributed by atoms with van der Waals surface area (Å²) in [5, 5.41) is 3.85. The molecule has 0 heterocycles. The van der Waals surface area contributed by atoms with Gasteiger partial charge in [0.1, 0.15) is 5.54 Å². The van der Waals surface area contributed by atoms with Crippen LogP contribution in [-0.2, 0) is 15.1 Å². The Bertz CT molecular complexity index is 511. The second-order valence-electron chi connectivity index (χ2n) is 4.03. The molecule has 0 radical (unpaired) electrons. The Hall–Kier alpha value is -1.21. The fourth-order valence-corrected chi connectivity index (χ4v) is 2.27. The molecule has 0 aliphatic carbocycles. The summed E-state index contributed by atoms with van der Waals surface area (Å²) in [7, 11) is 0. The SMILES string of the molecule is C#CCNC(C)(C(=O)OCC)c1ccc(Cl)cc1Cl. The van der Waals surface area contributed by atoms with E-state index in [1.54, 1.807) is 32.0 Å². The van der Waals surface area contributed by atoms with Crippen molar-refractivity contribution in [2.45, 2.75) is 19.4 Å². The minimum atomic E-state index is -1.11. The number of hydrogen-bond acceptors (Lipinski definition) is 3. The minimum absolute atomic E-state index is 0.217. The number of terminal acetylenes is 1. The molecule has 5 heteroatoms. The molecule has 0 bridgehead atoms. The third-order valence-electron chi connectivity index (χ3n) is 2.70. The van der Waals surface area contributed by atoms with Gasteiger partial charge < -0.3 is 4.74 Å². The second-order valence-corrected chi connectivity index (χ2v) is 4.87. The van der Waals surface area contributed by atoms with Gasteiger partial charge in [0.25, 0.3) is 0 Å². The number of esters is 1. The maximum absolute atomic E-state index is 12.2. The van der Waals surface area contributed by atoms with Gasteiger partial charge in [0.05, 0.1) is 13.2 Å². The van der Waals surface area contributed by atoms with Crippen molar-refractivity contribution < 1.29 is 9.53 Å². The van der Waals surface area contributed by atoms with Gasteiger partial charge in [0.15, 0.2) is 0 Å². The molecule has 0 fully saturated rings. The van der Waals surface area contributed by atoms with Crippen LogP contribution in [0.4, 0.5) is 0 Å². The number of carbonyl (C=O) groups is 1. The highest BCUT2D eigenvalue weighted by Crippen LogP contribution is 2.31. The summed E-state index contributed by atoms with van der Waals surface area (Å²) in [6, 6.07) is 4.93. The molecule has 1 atom stereocenters. The number of carbonyl (C=O) groups excluding carboxylic acids is 1. The summed E-state index contributed by atoms with van der Waals surface area (Å²) in [5.74, 6) is 2.00. The molecule has 1 unspecified atom stereocenters. The maximum atomic E-state index is 12.2. The molecule has 1 rings (SSSR count). The highest BCUT2D eigenvalue weighted by molar-refractivity contribution is 6.35. The zero-order chi connectivity index (χ0) is 14.5. The predicted molar refractivity (Wildman–Crippen MR) is 77.3 cm³/mol. The molecule has 0 amide bonds. The maximum Gasteiger partial charge on any atom is 0.330 e. The van der Waals surface area contributed by atoms with Crippen LogP contribution in [0.5, 0.6) is 0 Å². The largest absolute Gasteiger partial charge is 0.464 e. The van der Waals surface area contributed by atoms with Crippen molar-refractivity contribution in [1.82, 2.24) is 5.32 Å². The van der Waals surface area contributed by atoms with E-state index in [0.717, 1.165) is 0 Å². The van der Waals surface area contributed by atoms with Crippen molar-refractivity contribution >= 4 is 29.2 Å². The molecule has 102 valence electrons. The lowest BCUT2D eigenvalue weighted by Gasteiger charge is -2.29. The molecule has 0 saturated heterocycles. The van der Waals surface area contributed by atoms with E-state index in [1.807, 2.05) is 0 Å². The Morgan fingerprint density at radius 1 is 1.53 bits per heavy atom. The van der Waals surface area contributed by atoms with Crippen LogP contribution < -0.4 is 5.32 Å². The first-order valence-electron chi connectivity index (χ1n) is 5.77. The standard InChI is InChI=1S/C14H15Cl2NO2/c1-4-8-17-14(3,13(18)19-5-2)11-7-6-10(15)9-12(11)16/h1,6-7,9,17H,5,8H2,2-3H3. The van der Waals surface area contributed by atoms with Gasteiger partial charge in [0, 0.05) is 15.6 Å². The molecule has 1 aromatic carbocycles. The predicted octanol–water partition coefficient (Wildman–Crippen LogP) is 2.99. The lowest BCUT2D eigenvalue weighted by atomic mass is 9.92. The van der Waals surface area contributed by atoms with E-state index in [4.69, 9.17) is 34.4 Å².